The van der Waals surface area contributed by atoms with Crippen LogP contribution in [-0.2, 0) is 18.9 Å². The molecule has 9 heteroatoms. The van der Waals surface area contributed by atoms with Crippen molar-refractivity contribution in [2.24, 2.45) is 0 Å². The number of dihydropyridines is 1. The number of benzene rings is 1. The van der Waals surface area contributed by atoms with E-state index in [1.165, 1.54) is 11.3 Å². The minimum Gasteiger partial charge on any atom is -0.434 e. The molecule has 0 amide bonds. The summed E-state index contributed by atoms with van der Waals surface area (Å²) in [5.41, 5.74) is 2.69. The van der Waals surface area contributed by atoms with Gasteiger partial charge in [-0.2, -0.15) is 0 Å². The molecule has 1 aliphatic heterocycles. The molecule has 0 unspecified atom stereocenters. The molecule has 3 rings (SSSR count). The zero-order valence-corrected chi connectivity index (χ0v) is 18.6. The van der Waals surface area contributed by atoms with Crippen molar-refractivity contribution in [2.75, 3.05) is 13.2 Å². The summed E-state index contributed by atoms with van der Waals surface area (Å²) in [7, 11) is 0. The summed E-state index contributed by atoms with van der Waals surface area (Å²) in [4.78, 5) is 28.9. The van der Waals surface area contributed by atoms with Gasteiger partial charge in [-0.1, -0.05) is 30.3 Å². The van der Waals surface area contributed by atoms with Crippen LogP contribution in [-0.4, -0.2) is 30.5 Å². The Balaban J connectivity index is 2.03. The molecule has 0 atom stereocenters. The molecule has 2 aromatic rings. The molecule has 0 fully saturated rings. The standard InChI is InChI=1S/C22H24N2O6S/c1-5-27-21(25)29-18-13(3)23-14(4)19(30-22(26)28-6-2)17(18)16-12-31-20(24-16)15-10-8-7-9-11-15/h7-12,17,23H,5-6H2,1-4H3. The number of hydrogen-bond acceptors (Lipinski definition) is 9. The molecular weight excluding hydrogens is 420 g/mol. The van der Waals surface area contributed by atoms with E-state index in [0.29, 0.717) is 17.1 Å². The maximum atomic E-state index is 12.1. The molecule has 0 aliphatic carbocycles. The van der Waals surface area contributed by atoms with Gasteiger partial charge in [0.1, 0.15) is 22.4 Å². The molecule has 1 aromatic carbocycles. The smallest absolute Gasteiger partial charge is 0.434 e. The van der Waals surface area contributed by atoms with Crippen molar-refractivity contribution in [3.05, 3.63) is 64.3 Å². The van der Waals surface area contributed by atoms with Crippen LogP contribution in [0.15, 0.2) is 58.6 Å². The third-order valence-electron chi connectivity index (χ3n) is 4.39. The molecule has 1 aliphatic rings. The molecular formula is C22H24N2O6S. The van der Waals surface area contributed by atoms with Crippen molar-refractivity contribution in [1.82, 2.24) is 10.3 Å². The third-order valence-corrected chi connectivity index (χ3v) is 5.30. The first-order valence-corrected chi connectivity index (χ1v) is 10.7. The van der Waals surface area contributed by atoms with Gasteiger partial charge in [0.15, 0.2) is 0 Å². The zero-order chi connectivity index (χ0) is 22.4. The summed E-state index contributed by atoms with van der Waals surface area (Å²) in [6.07, 6.45) is -1.70. The molecule has 1 N–H and O–H groups in total. The minimum absolute atomic E-state index is 0.166. The largest absolute Gasteiger partial charge is 0.513 e. The van der Waals surface area contributed by atoms with Gasteiger partial charge in [0.2, 0.25) is 0 Å². The summed E-state index contributed by atoms with van der Waals surface area (Å²) >= 11 is 1.44. The lowest BCUT2D eigenvalue weighted by atomic mass is 9.95. The predicted octanol–water partition coefficient (Wildman–Crippen LogP) is 5.31. The zero-order valence-electron chi connectivity index (χ0n) is 17.8. The second-order valence-electron chi connectivity index (χ2n) is 6.55. The van der Waals surface area contributed by atoms with E-state index in [2.05, 4.69) is 5.32 Å². The van der Waals surface area contributed by atoms with Gasteiger partial charge in [-0.05, 0) is 27.7 Å². The molecule has 0 bridgehead atoms. The Morgan fingerprint density at radius 1 is 0.968 bits per heavy atom. The number of carbonyl (C=O) groups is 2. The molecule has 31 heavy (non-hydrogen) atoms. The highest BCUT2D eigenvalue weighted by molar-refractivity contribution is 7.13. The maximum absolute atomic E-state index is 12.1. The van der Waals surface area contributed by atoms with Crippen molar-refractivity contribution in [2.45, 2.75) is 33.6 Å². The average molecular weight is 445 g/mol. The van der Waals surface area contributed by atoms with Crippen LogP contribution in [0.3, 0.4) is 0 Å². The molecule has 1 aromatic heterocycles. The van der Waals surface area contributed by atoms with Crippen LogP contribution in [0, 0.1) is 0 Å². The summed E-state index contributed by atoms with van der Waals surface area (Å²) in [5, 5.41) is 5.72. The number of carbonyl (C=O) groups excluding carboxylic acids is 2. The van der Waals surface area contributed by atoms with Crippen LogP contribution in [0.5, 0.6) is 0 Å². The quantitative estimate of drug-likeness (QED) is 0.599. The summed E-state index contributed by atoms with van der Waals surface area (Å²) in [6, 6.07) is 9.71. The fourth-order valence-electron chi connectivity index (χ4n) is 3.10. The molecule has 0 saturated heterocycles. The molecule has 0 saturated carbocycles. The van der Waals surface area contributed by atoms with Gasteiger partial charge in [-0.25, -0.2) is 14.6 Å². The maximum Gasteiger partial charge on any atom is 0.513 e. The first-order chi connectivity index (χ1) is 14.9. The third kappa shape index (κ3) is 5.24. The van der Waals surface area contributed by atoms with Gasteiger partial charge in [0.25, 0.3) is 0 Å². The highest BCUT2D eigenvalue weighted by Gasteiger charge is 2.37. The Morgan fingerprint density at radius 3 is 2.03 bits per heavy atom. The molecule has 2 heterocycles. The first kappa shape index (κ1) is 22.4. The van der Waals surface area contributed by atoms with Gasteiger partial charge in [0, 0.05) is 10.9 Å². The van der Waals surface area contributed by atoms with Gasteiger partial charge in [-0.3, -0.25) is 0 Å². The van der Waals surface area contributed by atoms with E-state index in [4.69, 9.17) is 23.9 Å². The van der Waals surface area contributed by atoms with Gasteiger partial charge < -0.3 is 24.3 Å². The molecule has 8 nitrogen and oxygen atoms in total. The van der Waals surface area contributed by atoms with Crippen LogP contribution in [0.1, 0.15) is 39.3 Å². The lowest BCUT2D eigenvalue weighted by Crippen LogP contribution is -2.29. The summed E-state index contributed by atoms with van der Waals surface area (Å²) in [5.74, 6) is -0.245. The Hall–Kier alpha value is -3.33. The fourth-order valence-corrected chi connectivity index (χ4v) is 3.95. The lowest BCUT2D eigenvalue weighted by Gasteiger charge is -2.29. The van der Waals surface area contributed by atoms with Gasteiger partial charge >= 0.3 is 12.3 Å². The summed E-state index contributed by atoms with van der Waals surface area (Å²) < 4.78 is 20.9. The van der Waals surface area contributed by atoms with Gasteiger partial charge in [-0.15, -0.1) is 11.3 Å². The first-order valence-electron chi connectivity index (χ1n) is 9.83. The second kappa shape index (κ2) is 10.1. The van der Waals surface area contributed by atoms with Crippen LogP contribution < -0.4 is 5.32 Å². The van der Waals surface area contributed by atoms with E-state index in [-0.39, 0.29) is 24.7 Å². The Morgan fingerprint density at radius 2 is 1.52 bits per heavy atom. The summed E-state index contributed by atoms with van der Waals surface area (Å²) in [6.45, 7) is 7.22. The van der Waals surface area contributed by atoms with E-state index < -0.39 is 18.2 Å². The lowest BCUT2D eigenvalue weighted by molar-refractivity contribution is 0.0646. The van der Waals surface area contributed by atoms with Crippen molar-refractivity contribution in [3.8, 4) is 10.6 Å². The van der Waals surface area contributed by atoms with Gasteiger partial charge in [0.05, 0.1) is 30.3 Å². The number of aromatic nitrogens is 1. The molecule has 0 radical (unpaired) electrons. The number of rotatable bonds is 6. The number of allylic oxidation sites excluding steroid dienone is 2. The van der Waals surface area contributed by atoms with E-state index in [9.17, 15) is 9.59 Å². The minimum atomic E-state index is -0.850. The number of nitrogens with zero attached hydrogens (tertiary/aromatic N) is 1. The van der Waals surface area contributed by atoms with Crippen molar-refractivity contribution in [3.63, 3.8) is 0 Å². The number of ether oxygens (including phenoxy) is 4. The number of nitrogens with one attached hydrogen (secondary N) is 1. The topological polar surface area (TPSA) is 96.0 Å². The van der Waals surface area contributed by atoms with Crippen LogP contribution in [0.25, 0.3) is 10.6 Å². The average Bonchev–Trinajstić information content (AvgIpc) is 3.22. The normalized spacial score (nSPS) is 14.2. The second-order valence-corrected chi connectivity index (χ2v) is 7.41. The Kier molecular flexibility index (Phi) is 7.30. The highest BCUT2D eigenvalue weighted by atomic mass is 32.1. The fraction of sp³-hybridized carbons (Fsp3) is 0.318. The SMILES string of the molecule is CCOC(=O)OC1=C(C)NC(C)=C(OC(=O)OCC)C1c1csc(-c2ccccc2)n1. The Bertz CT molecular complexity index is 970. The number of hydrogen-bond donors (Lipinski definition) is 1. The molecule has 164 valence electrons. The van der Waals surface area contributed by atoms with Crippen LogP contribution >= 0.6 is 11.3 Å². The van der Waals surface area contributed by atoms with E-state index in [1.807, 2.05) is 35.7 Å². The van der Waals surface area contributed by atoms with Crippen LogP contribution in [0.2, 0.25) is 0 Å². The van der Waals surface area contributed by atoms with Crippen LogP contribution in [0.4, 0.5) is 9.59 Å². The van der Waals surface area contributed by atoms with E-state index >= 15 is 0 Å². The highest BCUT2D eigenvalue weighted by Crippen LogP contribution is 2.41. The van der Waals surface area contributed by atoms with E-state index in [1.54, 1.807) is 27.7 Å². The predicted molar refractivity (Wildman–Crippen MR) is 115 cm³/mol. The van der Waals surface area contributed by atoms with Crippen molar-refractivity contribution < 1.29 is 28.5 Å². The van der Waals surface area contributed by atoms with Crippen molar-refractivity contribution in [1.29, 1.82) is 0 Å². The monoisotopic (exact) mass is 444 g/mol. The molecule has 0 spiro atoms. The Labute approximate surface area is 184 Å². The van der Waals surface area contributed by atoms with Crippen molar-refractivity contribution >= 4 is 23.6 Å². The number of thiazole rings is 1. The van der Waals surface area contributed by atoms with E-state index in [0.717, 1.165) is 10.6 Å².